The zero-order chi connectivity index (χ0) is 19.2. The van der Waals surface area contributed by atoms with Crippen LogP contribution in [0.2, 0.25) is 5.02 Å². The van der Waals surface area contributed by atoms with Crippen LogP contribution in [0.15, 0.2) is 54.6 Å². The summed E-state index contributed by atoms with van der Waals surface area (Å²) in [4.78, 5) is 28.6. The van der Waals surface area contributed by atoms with Gasteiger partial charge < -0.3 is 16.0 Å². The molecular formula is C20H23ClN4O2. The normalized spacial score (nSPS) is 16.0. The number of para-hydroxylation sites is 1. The number of hydrogen-bond acceptors (Lipinski definition) is 4. The summed E-state index contributed by atoms with van der Waals surface area (Å²) in [5.74, 6) is -0.203. The SMILES string of the molecule is NC(C(=O)N1CCN(CC(=O)Nc2ccccc2Cl)CC1)c1ccccc1. The van der Waals surface area contributed by atoms with E-state index in [9.17, 15) is 9.59 Å². The highest BCUT2D eigenvalue weighted by Gasteiger charge is 2.26. The number of benzene rings is 2. The molecule has 0 radical (unpaired) electrons. The number of hydrogen-bond donors (Lipinski definition) is 2. The first-order valence-corrected chi connectivity index (χ1v) is 9.28. The van der Waals surface area contributed by atoms with E-state index in [1.807, 2.05) is 47.4 Å². The fourth-order valence-electron chi connectivity index (χ4n) is 3.08. The van der Waals surface area contributed by atoms with Crippen molar-refractivity contribution in [1.29, 1.82) is 0 Å². The zero-order valence-corrected chi connectivity index (χ0v) is 15.7. The summed E-state index contributed by atoms with van der Waals surface area (Å²) in [7, 11) is 0. The van der Waals surface area contributed by atoms with Gasteiger partial charge in [0.1, 0.15) is 6.04 Å². The van der Waals surface area contributed by atoms with Gasteiger partial charge in [0.25, 0.3) is 0 Å². The molecule has 0 aromatic heterocycles. The van der Waals surface area contributed by atoms with Gasteiger partial charge in [-0.1, -0.05) is 54.1 Å². The molecule has 2 amide bonds. The number of nitrogens with one attached hydrogen (secondary N) is 1. The van der Waals surface area contributed by atoms with Gasteiger partial charge >= 0.3 is 0 Å². The van der Waals surface area contributed by atoms with Gasteiger partial charge in [-0.3, -0.25) is 14.5 Å². The standard InChI is InChI=1S/C20H23ClN4O2/c21-16-8-4-5-9-17(16)23-18(26)14-24-10-12-25(13-11-24)20(27)19(22)15-6-2-1-3-7-15/h1-9,19H,10-14,22H2,(H,23,26). The summed E-state index contributed by atoms with van der Waals surface area (Å²) in [6, 6.07) is 15.8. The second-order valence-corrected chi connectivity index (χ2v) is 6.93. The zero-order valence-electron chi connectivity index (χ0n) is 15.0. The molecule has 1 unspecified atom stereocenters. The van der Waals surface area contributed by atoms with Crippen LogP contribution in [-0.4, -0.2) is 54.3 Å². The minimum Gasteiger partial charge on any atom is -0.338 e. The first kappa shape index (κ1) is 19.4. The average molecular weight is 387 g/mol. The molecule has 2 aromatic carbocycles. The number of piperazine rings is 1. The Morgan fingerprint density at radius 1 is 1.00 bits per heavy atom. The van der Waals surface area contributed by atoms with Gasteiger partial charge in [-0.15, -0.1) is 0 Å². The van der Waals surface area contributed by atoms with Gasteiger partial charge in [-0.25, -0.2) is 0 Å². The molecule has 0 aliphatic carbocycles. The van der Waals surface area contributed by atoms with E-state index >= 15 is 0 Å². The Hall–Kier alpha value is -2.41. The molecule has 3 rings (SSSR count). The van der Waals surface area contributed by atoms with E-state index in [0.717, 1.165) is 5.56 Å². The highest BCUT2D eigenvalue weighted by molar-refractivity contribution is 6.33. The molecule has 0 saturated carbocycles. The Labute approximate surface area is 163 Å². The van der Waals surface area contributed by atoms with Gasteiger partial charge in [0.15, 0.2) is 0 Å². The van der Waals surface area contributed by atoms with Crippen molar-refractivity contribution in [1.82, 2.24) is 9.80 Å². The van der Waals surface area contributed by atoms with Crippen LogP contribution in [0, 0.1) is 0 Å². The van der Waals surface area contributed by atoms with E-state index < -0.39 is 6.04 Å². The molecule has 1 atom stereocenters. The van der Waals surface area contributed by atoms with Crippen LogP contribution in [0.3, 0.4) is 0 Å². The highest BCUT2D eigenvalue weighted by Crippen LogP contribution is 2.20. The molecule has 1 saturated heterocycles. The fraction of sp³-hybridized carbons (Fsp3) is 0.300. The number of anilines is 1. The quantitative estimate of drug-likeness (QED) is 0.825. The number of amides is 2. The summed E-state index contributed by atoms with van der Waals surface area (Å²) < 4.78 is 0. The third-order valence-electron chi connectivity index (χ3n) is 4.62. The monoisotopic (exact) mass is 386 g/mol. The molecule has 27 heavy (non-hydrogen) atoms. The van der Waals surface area contributed by atoms with E-state index in [1.54, 1.807) is 17.0 Å². The molecule has 3 N–H and O–H groups in total. The molecule has 1 aliphatic heterocycles. The van der Waals surface area contributed by atoms with Crippen LogP contribution in [0.1, 0.15) is 11.6 Å². The van der Waals surface area contributed by atoms with Crippen molar-refractivity contribution in [3.63, 3.8) is 0 Å². The third kappa shape index (κ3) is 5.07. The van der Waals surface area contributed by atoms with Gasteiger partial charge in [0.05, 0.1) is 17.3 Å². The molecule has 1 fully saturated rings. The maximum absolute atomic E-state index is 12.6. The molecule has 2 aromatic rings. The van der Waals surface area contributed by atoms with Crippen molar-refractivity contribution < 1.29 is 9.59 Å². The number of halogens is 1. The lowest BCUT2D eigenvalue weighted by Crippen LogP contribution is -2.52. The van der Waals surface area contributed by atoms with Crippen molar-refractivity contribution in [2.24, 2.45) is 5.73 Å². The smallest absolute Gasteiger partial charge is 0.244 e. The lowest BCUT2D eigenvalue weighted by Gasteiger charge is -2.35. The van der Waals surface area contributed by atoms with E-state index in [2.05, 4.69) is 5.32 Å². The number of carbonyl (C=O) groups excluding carboxylic acids is 2. The summed E-state index contributed by atoms with van der Waals surface area (Å²) in [6.45, 7) is 2.63. The van der Waals surface area contributed by atoms with E-state index in [-0.39, 0.29) is 18.4 Å². The van der Waals surface area contributed by atoms with E-state index in [4.69, 9.17) is 17.3 Å². The minimum atomic E-state index is -0.652. The highest BCUT2D eigenvalue weighted by atomic mass is 35.5. The van der Waals surface area contributed by atoms with Crippen molar-refractivity contribution in [2.45, 2.75) is 6.04 Å². The van der Waals surface area contributed by atoms with Gasteiger partial charge in [0, 0.05) is 26.2 Å². The molecule has 6 nitrogen and oxygen atoms in total. The van der Waals surface area contributed by atoms with Crippen LogP contribution in [0.4, 0.5) is 5.69 Å². The van der Waals surface area contributed by atoms with Crippen LogP contribution >= 0.6 is 11.6 Å². The van der Waals surface area contributed by atoms with Crippen molar-refractivity contribution in [2.75, 3.05) is 38.0 Å². The largest absolute Gasteiger partial charge is 0.338 e. The van der Waals surface area contributed by atoms with Crippen molar-refractivity contribution >= 4 is 29.1 Å². The Kier molecular flexibility index (Phi) is 6.45. The first-order chi connectivity index (χ1) is 13.0. The third-order valence-corrected chi connectivity index (χ3v) is 4.95. The van der Waals surface area contributed by atoms with Crippen LogP contribution in [-0.2, 0) is 9.59 Å². The predicted octanol–water partition coefficient (Wildman–Crippen LogP) is 2.12. The number of nitrogens with two attached hydrogens (primary N) is 1. The topological polar surface area (TPSA) is 78.7 Å². The Bertz CT molecular complexity index is 792. The molecular weight excluding hydrogens is 364 g/mol. The summed E-state index contributed by atoms with van der Waals surface area (Å²) >= 11 is 6.06. The minimum absolute atomic E-state index is 0.0821. The van der Waals surface area contributed by atoms with Crippen molar-refractivity contribution in [3.05, 3.63) is 65.2 Å². The molecule has 0 bridgehead atoms. The van der Waals surface area contributed by atoms with Gasteiger partial charge in [-0.05, 0) is 17.7 Å². The molecule has 142 valence electrons. The Morgan fingerprint density at radius 3 is 2.30 bits per heavy atom. The fourth-order valence-corrected chi connectivity index (χ4v) is 3.26. The number of carbonyl (C=O) groups is 2. The molecule has 1 aliphatic rings. The lowest BCUT2D eigenvalue weighted by atomic mass is 10.1. The lowest BCUT2D eigenvalue weighted by molar-refractivity contribution is -0.134. The van der Waals surface area contributed by atoms with Crippen LogP contribution < -0.4 is 11.1 Å². The first-order valence-electron chi connectivity index (χ1n) is 8.90. The van der Waals surface area contributed by atoms with Gasteiger partial charge in [0.2, 0.25) is 11.8 Å². The van der Waals surface area contributed by atoms with Crippen LogP contribution in [0.5, 0.6) is 0 Å². The average Bonchev–Trinajstić information content (AvgIpc) is 2.70. The number of nitrogens with zero attached hydrogens (tertiary/aromatic N) is 2. The second kappa shape index (κ2) is 8.99. The maximum Gasteiger partial charge on any atom is 0.244 e. The maximum atomic E-state index is 12.6. The predicted molar refractivity (Wildman–Crippen MR) is 106 cm³/mol. The molecule has 0 spiro atoms. The molecule has 1 heterocycles. The Balaban J connectivity index is 1.48. The number of rotatable bonds is 5. The second-order valence-electron chi connectivity index (χ2n) is 6.52. The van der Waals surface area contributed by atoms with E-state index in [0.29, 0.717) is 36.9 Å². The molecule has 7 heteroatoms. The summed E-state index contributed by atoms with van der Waals surface area (Å²) in [5.41, 5.74) is 7.52. The van der Waals surface area contributed by atoms with Crippen molar-refractivity contribution in [3.8, 4) is 0 Å². The summed E-state index contributed by atoms with van der Waals surface area (Å²) in [5, 5.41) is 3.33. The van der Waals surface area contributed by atoms with Gasteiger partial charge in [-0.2, -0.15) is 0 Å². The Morgan fingerprint density at radius 2 is 1.63 bits per heavy atom. The summed E-state index contributed by atoms with van der Waals surface area (Å²) in [6.07, 6.45) is 0. The van der Waals surface area contributed by atoms with Crippen LogP contribution in [0.25, 0.3) is 0 Å². The van der Waals surface area contributed by atoms with E-state index in [1.165, 1.54) is 0 Å².